The van der Waals surface area contributed by atoms with E-state index in [1.165, 1.54) is 16.9 Å². The van der Waals surface area contributed by atoms with Gasteiger partial charge in [-0.2, -0.15) is 0 Å². The molecule has 5 nitrogen and oxygen atoms in total. The lowest BCUT2D eigenvalue weighted by Crippen LogP contribution is -2.54. The molecule has 1 amide bonds. The molecule has 5 heteroatoms. The predicted molar refractivity (Wildman–Crippen MR) is 131 cm³/mol. The summed E-state index contributed by atoms with van der Waals surface area (Å²) >= 11 is 0. The van der Waals surface area contributed by atoms with Gasteiger partial charge in [-0.1, -0.05) is 105 Å². The SMILES string of the molecule is CCCCCc1cccc(CC2C(=O)OC(c3ccccc3)C(c3ccccc3)N2C(=O)O)c1. The Morgan fingerprint density at radius 2 is 1.53 bits per heavy atom. The fourth-order valence-electron chi connectivity index (χ4n) is 4.75. The Hall–Kier alpha value is -3.60. The van der Waals surface area contributed by atoms with Gasteiger partial charge in [0.25, 0.3) is 0 Å². The molecule has 0 saturated carbocycles. The van der Waals surface area contributed by atoms with E-state index in [9.17, 15) is 14.7 Å². The van der Waals surface area contributed by atoms with Gasteiger partial charge in [0.1, 0.15) is 12.1 Å². The number of nitrogens with zero attached hydrogens (tertiary/aromatic N) is 1. The summed E-state index contributed by atoms with van der Waals surface area (Å²) in [6.07, 6.45) is 2.84. The summed E-state index contributed by atoms with van der Waals surface area (Å²) in [5.74, 6) is -0.514. The van der Waals surface area contributed by atoms with Crippen LogP contribution in [0.15, 0.2) is 84.9 Å². The summed E-state index contributed by atoms with van der Waals surface area (Å²) in [6.45, 7) is 2.18. The number of amides is 1. The minimum absolute atomic E-state index is 0.275. The highest BCUT2D eigenvalue weighted by molar-refractivity contribution is 5.83. The van der Waals surface area contributed by atoms with Crippen LogP contribution in [-0.4, -0.2) is 28.1 Å². The van der Waals surface area contributed by atoms with Gasteiger partial charge >= 0.3 is 12.1 Å². The molecule has 1 fully saturated rings. The molecule has 3 aromatic carbocycles. The fraction of sp³-hybridized carbons (Fsp3) is 0.310. The number of benzene rings is 3. The molecule has 1 N–H and O–H groups in total. The molecule has 0 spiro atoms. The normalized spacial score (nSPS) is 20.1. The highest BCUT2D eigenvalue weighted by atomic mass is 16.6. The van der Waals surface area contributed by atoms with Crippen LogP contribution in [0.25, 0.3) is 0 Å². The van der Waals surface area contributed by atoms with E-state index in [2.05, 4.69) is 19.1 Å². The fourth-order valence-corrected chi connectivity index (χ4v) is 4.75. The first kappa shape index (κ1) is 23.6. The second-order valence-electron chi connectivity index (χ2n) is 8.81. The average molecular weight is 458 g/mol. The molecule has 0 radical (unpaired) electrons. The second-order valence-corrected chi connectivity index (χ2v) is 8.81. The number of morpholine rings is 1. The first-order chi connectivity index (χ1) is 16.6. The van der Waals surface area contributed by atoms with Crippen LogP contribution in [0.5, 0.6) is 0 Å². The molecule has 1 aliphatic rings. The van der Waals surface area contributed by atoms with Gasteiger partial charge in [-0.05, 0) is 35.1 Å². The first-order valence-corrected chi connectivity index (χ1v) is 12.0. The van der Waals surface area contributed by atoms with E-state index >= 15 is 0 Å². The number of rotatable bonds is 8. The topological polar surface area (TPSA) is 66.8 Å². The number of hydrogen-bond donors (Lipinski definition) is 1. The molecule has 3 atom stereocenters. The Balaban J connectivity index is 1.68. The highest BCUT2D eigenvalue weighted by Crippen LogP contribution is 2.42. The smallest absolute Gasteiger partial charge is 0.408 e. The van der Waals surface area contributed by atoms with Crippen LogP contribution >= 0.6 is 0 Å². The van der Waals surface area contributed by atoms with Gasteiger partial charge in [0.2, 0.25) is 0 Å². The maximum Gasteiger partial charge on any atom is 0.408 e. The van der Waals surface area contributed by atoms with Crippen molar-refractivity contribution in [3.63, 3.8) is 0 Å². The summed E-state index contributed by atoms with van der Waals surface area (Å²) in [5.41, 5.74) is 3.71. The number of carbonyl (C=O) groups is 2. The summed E-state index contributed by atoms with van der Waals surface area (Å²) in [6, 6.07) is 25.3. The van der Waals surface area contributed by atoms with Crippen LogP contribution < -0.4 is 0 Å². The third-order valence-electron chi connectivity index (χ3n) is 6.42. The average Bonchev–Trinajstić information content (AvgIpc) is 2.86. The van der Waals surface area contributed by atoms with Crippen LogP contribution in [0.1, 0.15) is 60.6 Å². The number of cyclic esters (lactones) is 1. The number of hydrogen-bond acceptors (Lipinski definition) is 3. The molecule has 176 valence electrons. The van der Waals surface area contributed by atoms with Crippen LogP contribution in [0.2, 0.25) is 0 Å². The zero-order chi connectivity index (χ0) is 23.9. The molecule has 0 bridgehead atoms. The van der Waals surface area contributed by atoms with Gasteiger partial charge < -0.3 is 9.84 Å². The van der Waals surface area contributed by atoms with Gasteiger partial charge in [0, 0.05) is 6.42 Å². The predicted octanol–water partition coefficient (Wildman–Crippen LogP) is 6.35. The summed E-state index contributed by atoms with van der Waals surface area (Å²) in [5, 5.41) is 10.3. The van der Waals surface area contributed by atoms with Crippen molar-refractivity contribution < 1.29 is 19.4 Å². The lowest BCUT2D eigenvalue weighted by atomic mass is 9.89. The second kappa shape index (κ2) is 11.0. The van der Waals surface area contributed by atoms with E-state index in [4.69, 9.17) is 4.74 Å². The summed E-state index contributed by atoms with van der Waals surface area (Å²) < 4.78 is 5.97. The van der Waals surface area contributed by atoms with Gasteiger partial charge in [-0.15, -0.1) is 0 Å². The van der Waals surface area contributed by atoms with Gasteiger partial charge in [0.05, 0.1) is 0 Å². The molecule has 3 unspecified atom stereocenters. The Bertz CT molecular complexity index is 1100. The molecule has 4 rings (SSSR count). The van der Waals surface area contributed by atoms with Gasteiger partial charge in [-0.3, -0.25) is 4.90 Å². The number of unbranched alkanes of at least 4 members (excludes halogenated alkanes) is 2. The van der Waals surface area contributed by atoms with Crippen molar-refractivity contribution in [3.05, 3.63) is 107 Å². The van der Waals surface area contributed by atoms with Crippen molar-refractivity contribution >= 4 is 12.1 Å². The standard InChI is InChI=1S/C29H31NO4/c1-2-3-6-12-21-13-11-14-22(19-21)20-25-28(31)34-27(24-17-9-5-10-18-24)26(30(25)29(32)33)23-15-7-4-8-16-23/h4-5,7-11,13-19,25-27H,2-3,6,12,20H2,1H3,(H,32,33). The lowest BCUT2D eigenvalue weighted by molar-refractivity contribution is -0.172. The number of carbonyl (C=O) groups excluding carboxylic acids is 1. The van der Waals surface area contributed by atoms with Crippen LogP contribution in [-0.2, 0) is 22.4 Å². The number of carboxylic acid groups (broad SMARTS) is 1. The molecule has 1 heterocycles. The van der Waals surface area contributed by atoms with Crippen molar-refractivity contribution in [1.29, 1.82) is 0 Å². The minimum Gasteiger partial charge on any atom is -0.465 e. The third kappa shape index (κ3) is 5.30. The van der Waals surface area contributed by atoms with Gasteiger partial charge in [-0.25, -0.2) is 9.59 Å². The van der Waals surface area contributed by atoms with Crippen molar-refractivity contribution in [2.45, 2.75) is 57.2 Å². The highest BCUT2D eigenvalue weighted by Gasteiger charge is 2.47. The molecule has 1 saturated heterocycles. The van der Waals surface area contributed by atoms with Crippen LogP contribution in [0.4, 0.5) is 4.79 Å². The van der Waals surface area contributed by atoms with E-state index in [0.717, 1.165) is 36.0 Å². The van der Waals surface area contributed by atoms with Gasteiger partial charge in [0.15, 0.2) is 6.10 Å². The molecule has 3 aromatic rings. The largest absolute Gasteiger partial charge is 0.465 e. The first-order valence-electron chi connectivity index (χ1n) is 12.0. The zero-order valence-electron chi connectivity index (χ0n) is 19.5. The van der Waals surface area contributed by atoms with E-state index in [0.29, 0.717) is 0 Å². The number of esters is 1. The number of ether oxygens (including phenoxy) is 1. The Morgan fingerprint density at radius 1 is 0.882 bits per heavy atom. The zero-order valence-corrected chi connectivity index (χ0v) is 19.5. The Labute approximate surface area is 201 Å². The third-order valence-corrected chi connectivity index (χ3v) is 6.42. The molecule has 0 aromatic heterocycles. The van der Waals surface area contributed by atoms with Crippen LogP contribution in [0, 0.1) is 0 Å². The quantitative estimate of drug-likeness (QED) is 0.316. The monoisotopic (exact) mass is 457 g/mol. The molecular weight excluding hydrogens is 426 g/mol. The van der Waals surface area contributed by atoms with E-state index in [1.807, 2.05) is 72.8 Å². The minimum atomic E-state index is -1.13. The lowest BCUT2D eigenvalue weighted by Gasteiger charge is -2.44. The summed E-state index contributed by atoms with van der Waals surface area (Å²) in [7, 11) is 0. The van der Waals surface area contributed by atoms with Crippen molar-refractivity contribution in [2.75, 3.05) is 0 Å². The van der Waals surface area contributed by atoms with E-state index < -0.39 is 30.3 Å². The Morgan fingerprint density at radius 3 is 2.18 bits per heavy atom. The molecule has 0 aliphatic carbocycles. The molecular formula is C29H31NO4. The molecule has 1 aliphatic heterocycles. The summed E-state index contributed by atoms with van der Waals surface area (Å²) in [4.78, 5) is 27.2. The van der Waals surface area contributed by atoms with E-state index in [1.54, 1.807) is 0 Å². The maximum atomic E-state index is 13.2. The van der Waals surface area contributed by atoms with Crippen molar-refractivity contribution in [3.8, 4) is 0 Å². The van der Waals surface area contributed by atoms with E-state index in [-0.39, 0.29) is 6.42 Å². The van der Waals surface area contributed by atoms with Crippen molar-refractivity contribution in [1.82, 2.24) is 4.90 Å². The Kier molecular flexibility index (Phi) is 7.63. The van der Waals surface area contributed by atoms with Crippen molar-refractivity contribution in [2.24, 2.45) is 0 Å². The van der Waals surface area contributed by atoms with Crippen LogP contribution in [0.3, 0.4) is 0 Å². The number of aryl methyl sites for hydroxylation is 1. The maximum absolute atomic E-state index is 13.2. The molecule has 34 heavy (non-hydrogen) atoms.